The quantitative estimate of drug-likeness (QED) is 0.737. The number of carboxylic acid groups (broad SMARTS) is 1. The summed E-state index contributed by atoms with van der Waals surface area (Å²) in [6, 6.07) is -1.03. The Bertz CT molecular complexity index is 423. The summed E-state index contributed by atoms with van der Waals surface area (Å²) in [5, 5.41) is 14.6. The molecule has 1 aliphatic rings. The van der Waals surface area contributed by atoms with E-state index < -0.39 is 12.0 Å². The fourth-order valence-electron chi connectivity index (χ4n) is 2.23. The summed E-state index contributed by atoms with van der Waals surface area (Å²) in [5.74, 6) is -1.05. The molecule has 0 aromatic carbocycles. The Balaban J connectivity index is 1.92. The molecule has 5 nitrogen and oxygen atoms in total. The van der Waals surface area contributed by atoms with E-state index in [0.717, 1.165) is 11.7 Å². The number of nitrogens with zero attached hydrogens (tertiary/aromatic N) is 1. The second-order valence-electron chi connectivity index (χ2n) is 4.95. The number of anilines is 1. The molecule has 0 spiro atoms. The van der Waals surface area contributed by atoms with E-state index in [1.54, 1.807) is 5.38 Å². The lowest BCUT2D eigenvalue weighted by Gasteiger charge is -2.41. The number of thiazole rings is 1. The second-order valence-corrected chi connectivity index (χ2v) is 5.81. The van der Waals surface area contributed by atoms with E-state index in [2.05, 4.69) is 17.2 Å². The van der Waals surface area contributed by atoms with Crippen LogP contribution in [0.3, 0.4) is 0 Å². The largest absolute Gasteiger partial charge is 0.480 e. The molecule has 100 valence electrons. The van der Waals surface area contributed by atoms with Gasteiger partial charge in [0.25, 0.3) is 0 Å². The van der Waals surface area contributed by atoms with Crippen molar-refractivity contribution < 1.29 is 9.90 Å². The van der Waals surface area contributed by atoms with Crippen LogP contribution in [-0.4, -0.2) is 22.6 Å². The first-order valence-corrected chi connectivity index (χ1v) is 7.12. The van der Waals surface area contributed by atoms with E-state index in [1.165, 1.54) is 37.0 Å². The minimum absolute atomic E-state index is 0.417. The number of hydrogen-bond acceptors (Lipinski definition) is 5. The molecular formula is C12H19N3O2S. The number of hydrogen-bond donors (Lipinski definition) is 3. The topological polar surface area (TPSA) is 88.2 Å². The van der Waals surface area contributed by atoms with E-state index in [-0.39, 0.29) is 0 Å². The van der Waals surface area contributed by atoms with Gasteiger partial charge in [0.2, 0.25) is 0 Å². The molecule has 1 fully saturated rings. The van der Waals surface area contributed by atoms with Crippen molar-refractivity contribution in [2.75, 3.05) is 11.9 Å². The molecule has 1 atom stereocenters. The van der Waals surface area contributed by atoms with Crippen LogP contribution in [0, 0.1) is 5.41 Å². The van der Waals surface area contributed by atoms with Crippen molar-refractivity contribution in [2.24, 2.45) is 11.1 Å². The third-order valence-electron chi connectivity index (χ3n) is 3.89. The van der Waals surface area contributed by atoms with Crippen molar-refractivity contribution in [2.45, 2.75) is 38.6 Å². The normalized spacial score (nSPS) is 19.0. The van der Waals surface area contributed by atoms with Gasteiger partial charge in [0.1, 0.15) is 6.04 Å². The van der Waals surface area contributed by atoms with Gasteiger partial charge in [-0.15, -0.1) is 11.3 Å². The standard InChI is InChI=1S/C12H19N3O2S/c1-2-12(4-3-5-12)7-14-11-15-8(6-18-11)9(13)10(16)17/h6,9H,2-5,7,13H2,1H3,(H,14,15)(H,16,17). The van der Waals surface area contributed by atoms with Crippen LogP contribution in [0.25, 0.3) is 0 Å². The Morgan fingerprint density at radius 2 is 2.44 bits per heavy atom. The average molecular weight is 269 g/mol. The smallest absolute Gasteiger partial charge is 0.326 e. The summed E-state index contributed by atoms with van der Waals surface area (Å²) in [6.45, 7) is 3.13. The zero-order valence-corrected chi connectivity index (χ0v) is 11.3. The molecular weight excluding hydrogens is 250 g/mol. The van der Waals surface area contributed by atoms with Gasteiger partial charge in [-0.1, -0.05) is 13.3 Å². The van der Waals surface area contributed by atoms with Crippen LogP contribution in [0.1, 0.15) is 44.3 Å². The van der Waals surface area contributed by atoms with Crippen LogP contribution in [-0.2, 0) is 4.79 Å². The summed E-state index contributed by atoms with van der Waals surface area (Å²) in [6.07, 6.45) is 5.02. The lowest BCUT2D eigenvalue weighted by Crippen LogP contribution is -2.35. The predicted molar refractivity (Wildman–Crippen MR) is 71.7 cm³/mol. The summed E-state index contributed by atoms with van der Waals surface area (Å²) in [4.78, 5) is 15.0. The molecule has 0 aliphatic heterocycles. The van der Waals surface area contributed by atoms with Crippen LogP contribution < -0.4 is 11.1 Å². The molecule has 1 aliphatic carbocycles. The van der Waals surface area contributed by atoms with Gasteiger partial charge in [-0.25, -0.2) is 4.98 Å². The molecule has 0 saturated heterocycles. The van der Waals surface area contributed by atoms with Crippen molar-refractivity contribution in [1.29, 1.82) is 0 Å². The SMILES string of the molecule is CCC1(CNc2nc(C(N)C(=O)O)cs2)CCC1. The van der Waals surface area contributed by atoms with Gasteiger partial charge in [-0.2, -0.15) is 0 Å². The molecule has 6 heteroatoms. The van der Waals surface area contributed by atoms with E-state index in [9.17, 15) is 4.79 Å². The van der Waals surface area contributed by atoms with Gasteiger partial charge in [-0.05, 0) is 24.7 Å². The van der Waals surface area contributed by atoms with Crippen LogP contribution in [0.2, 0.25) is 0 Å². The minimum Gasteiger partial charge on any atom is -0.480 e. The van der Waals surface area contributed by atoms with Crippen LogP contribution in [0.5, 0.6) is 0 Å². The Hall–Kier alpha value is -1.14. The van der Waals surface area contributed by atoms with E-state index >= 15 is 0 Å². The predicted octanol–water partition coefficient (Wildman–Crippen LogP) is 2.22. The highest BCUT2D eigenvalue weighted by molar-refractivity contribution is 7.13. The van der Waals surface area contributed by atoms with Crippen molar-refractivity contribution in [1.82, 2.24) is 4.98 Å². The molecule has 18 heavy (non-hydrogen) atoms. The van der Waals surface area contributed by atoms with Crippen molar-refractivity contribution >= 4 is 22.4 Å². The third kappa shape index (κ3) is 2.64. The molecule has 1 saturated carbocycles. The number of nitrogens with one attached hydrogen (secondary N) is 1. The van der Waals surface area contributed by atoms with Gasteiger partial charge in [0.05, 0.1) is 5.69 Å². The molecule has 2 rings (SSSR count). The Kier molecular flexibility index (Phi) is 3.87. The number of rotatable bonds is 6. The average Bonchev–Trinajstić information content (AvgIpc) is 2.76. The summed E-state index contributed by atoms with van der Waals surface area (Å²) < 4.78 is 0. The molecule has 0 bridgehead atoms. The van der Waals surface area contributed by atoms with Gasteiger partial charge in [-0.3, -0.25) is 4.79 Å². The number of carboxylic acids is 1. The molecule has 1 unspecified atom stereocenters. The molecule has 0 radical (unpaired) electrons. The van der Waals surface area contributed by atoms with E-state index in [1.807, 2.05) is 0 Å². The van der Waals surface area contributed by atoms with E-state index in [0.29, 0.717) is 11.1 Å². The van der Waals surface area contributed by atoms with Crippen molar-refractivity contribution in [3.05, 3.63) is 11.1 Å². The number of nitrogens with two attached hydrogens (primary N) is 1. The van der Waals surface area contributed by atoms with Gasteiger partial charge in [0, 0.05) is 11.9 Å². The molecule has 4 N–H and O–H groups in total. The highest BCUT2D eigenvalue weighted by atomic mass is 32.1. The first-order valence-electron chi connectivity index (χ1n) is 6.24. The van der Waals surface area contributed by atoms with Crippen LogP contribution in [0.4, 0.5) is 5.13 Å². The highest BCUT2D eigenvalue weighted by Crippen LogP contribution is 2.43. The Labute approximate surface area is 110 Å². The molecule has 0 amide bonds. The summed E-state index contributed by atoms with van der Waals surface area (Å²) in [7, 11) is 0. The Morgan fingerprint density at radius 3 is 2.94 bits per heavy atom. The first-order chi connectivity index (χ1) is 8.56. The second kappa shape index (κ2) is 5.24. The molecule has 1 heterocycles. The minimum atomic E-state index is -1.05. The third-order valence-corrected chi connectivity index (χ3v) is 4.70. The van der Waals surface area contributed by atoms with Crippen molar-refractivity contribution in [3.8, 4) is 0 Å². The number of aromatic nitrogens is 1. The zero-order valence-electron chi connectivity index (χ0n) is 10.5. The lowest BCUT2D eigenvalue weighted by atomic mass is 9.67. The van der Waals surface area contributed by atoms with Gasteiger partial charge in [0.15, 0.2) is 5.13 Å². The van der Waals surface area contributed by atoms with Crippen LogP contribution >= 0.6 is 11.3 Å². The number of carbonyl (C=O) groups is 1. The molecule has 1 aromatic rings. The fraction of sp³-hybridized carbons (Fsp3) is 0.667. The number of aliphatic carboxylic acids is 1. The summed E-state index contributed by atoms with van der Waals surface area (Å²) >= 11 is 1.42. The monoisotopic (exact) mass is 269 g/mol. The van der Waals surface area contributed by atoms with Gasteiger partial charge >= 0.3 is 5.97 Å². The Morgan fingerprint density at radius 1 is 1.72 bits per heavy atom. The zero-order chi connectivity index (χ0) is 13.2. The fourth-order valence-corrected chi connectivity index (χ4v) is 2.98. The maximum absolute atomic E-state index is 10.7. The maximum atomic E-state index is 10.7. The van der Waals surface area contributed by atoms with Crippen LogP contribution in [0.15, 0.2) is 5.38 Å². The molecule has 1 aromatic heterocycles. The van der Waals surface area contributed by atoms with Crippen molar-refractivity contribution in [3.63, 3.8) is 0 Å². The maximum Gasteiger partial charge on any atom is 0.326 e. The van der Waals surface area contributed by atoms with E-state index in [4.69, 9.17) is 10.8 Å². The highest BCUT2D eigenvalue weighted by Gasteiger charge is 2.34. The first kappa shape index (κ1) is 13.3. The summed E-state index contributed by atoms with van der Waals surface area (Å²) in [5.41, 5.74) is 6.36. The van der Waals surface area contributed by atoms with Gasteiger partial charge < -0.3 is 16.2 Å². The lowest BCUT2D eigenvalue weighted by molar-refractivity contribution is -0.138.